The van der Waals surface area contributed by atoms with E-state index in [4.69, 9.17) is 10.5 Å². The number of ether oxygens (including phenoxy) is 1. The second kappa shape index (κ2) is 6.20. The molecule has 1 aromatic heterocycles. The number of nitrogens with two attached hydrogens (primary N) is 1. The number of rotatable bonds is 4. The van der Waals surface area contributed by atoms with Crippen molar-refractivity contribution in [3.05, 3.63) is 36.5 Å². The Morgan fingerprint density at radius 1 is 1.38 bits per heavy atom. The van der Waals surface area contributed by atoms with Gasteiger partial charge in [-0.05, 0) is 32.9 Å². The van der Waals surface area contributed by atoms with Gasteiger partial charge < -0.3 is 15.8 Å². The van der Waals surface area contributed by atoms with Crippen molar-refractivity contribution in [3.63, 3.8) is 0 Å². The Balaban J connectivity index is 2.00. The SMILES string of the molecule is CC(C)(C)OC[C@H](N)C(=O)Nc1cnc2ccccc2c1. The molecule has 0 radical (unpaired) electrons. The zero-order chi connectivity index (χ0) is 15.5. The normalized spacial score (nSPS) is 13.1. The summed E-state index contributed by atoms with van der Waals surface area (Å²) in [4.78, 5) is 16.3. The molecule has 0 unspecified atom stereocenters. The molecule has 0 spiro atoms. The van der Waals surface area contributed by atoms with Crippen molar-refractivity contribution in [1.82, 2.24) is 4.98 Å². The number of fused-ring (bicyclic) bond motifs is 1. The van der Waals surface area contributed by atoms with Crippen LogP contribution in [-0.4, -0.2) is 29.1 Å². The highest BCUT2D eigenvalue weighted by molar-refractivity contribution is 5.96. The van der Waals surface area contributed by atoms with Crippen molar-refractivity contribution in [2.45, 2.75) is 32.4 Å². The fraction of sp³-hybridized carbons (Fsp3) is 0.375. The molecule has 2 aromatic rings. The van der Waals surface area contributed by atoms with Gasteiger partial charge in [-0.2, -0.15) is 0 Å². The molecule has 5 heteroatoms. The van der Waals surface area contributed by atoms with Gasteiger partial charge in [0.05, 0.1) is 29.6 Å². The average Bonchev–Trinajstić information content (AvgIpc) is 2.43. The lowest BCUT2D eigenvalue weighted by Gasteiger charge is -2.22. The number of benzene rings is 1. The van der Waals surface area contributed by atoms with E-state index >= 15 is 0 Å². The van der Waals surface area contributed by atoms with Gasteiger partial charge in [0.1, 0.15) is 6.04 Å². The Bertz CT molecular complexity index is 635. The van der Waals surface area contributed by atoms with Gasteiger partial charge in [-0.25, -0.2) is 0 Å². The molecule has 0 aliphatic carbocycles. The van der Waals surface area contributed by atoms with E-state index in [2.05, 4.69) is 10.3 Å². The van der Waals surface area contributed by atoms with Crippen molar-refractivity contribution >= 4 is 22.5 Å². The first kappa shape index (κ1) is 15.4. The highest BCUT2D eigenvalue weighted by atomic mass is 16.5. The van der Waals surface area contributed by atoms with E-state index < -0.39 is 6.04 Å². The van der Waals surface area contributed by atoms with E-state index in [-0.39, 0.29) is 18.1 Å². The Labute approximate surface area is 124 Å². The van der Waals surface area contributed by atoms with Crippen LogP contribution in [0.3, 0.4) is 0 Å². The van der Waals surface area contributed by atoms with Gasteiger partial charge in [0.2, 0.25) is 5.91 Å². The Morgan fingerprint density at radius 3 is 2.81 bits per heavy atom. The van der Waals surface area contributed by atoms with Crippen LogP contribution in [-0.2, 0) is 9.53 Å². The fourth-order valence-corrected chi connectivity index (χ4v) is 1.79. The molecule has 1 atom stereocenters. The molecule has 3 N–H and O–H groups in total. The average molecular weight is 287 g/mol. The maximum atomic E-state index is 12.0. The molecule has 1 amide bonds. The summed E-state index contributed by atoms with van der Waals surface area (Å²) in [6, 6.07) is 8.88. The minimum absolute atomic E-state index is 0.177. The van der Waals surface area contributed by atoms with Gasteiger partial charge in [-0.1, -0.05) is 18.2 Å². The van der Waals surface area contributed by atoms with Gasteiger partial charge in [-0.15, -0.1) is 0 Å². The lowest BCUT2D eigenvalue weighted by atomic mass is 10.2. The zero-order valence-corrected chi connectivity index (χ0v) is 12.6. The van der Waals surface area contributed by atoms with Gasteiger partial charge >= 0.3 is 0 Å². The standard InChI is InChI=1S/C16H21N3O2/c1-16(2,3)21-10-13(17)15(20)19-12-8-11-6-4-5-7-14(11)18-9-12/h4-9,13H,10,17H2,1-3H3,(H,19,20)/t13-/m0/s1. The van der Waals surface area contributed by atoms with Crippen LogP contribution in [0, 0.1) is 0 Å². The molecular formula is C16H21N3O2. The minimum atomic E-state index is -0.712. The van der Waals surface area contributed by atoms with Crippen molar-refractivity contribution in [2.24, 2.45) is 5.73 Å². The Hall–Kier alpha value is -1.98. The fourth-order valence-electron chi connectivity index (χ4n) is 1.79. The number of amides is 1. The largest absolute Gasteiger partial charge is 0.374 e. The molecule has 1 aromatic carbocycles. The van der Waals surface area contributed by atoms with Gasteiger partial charge in [0.25, 0.3) is 0 Å². The maximum Gasteiger partial charge on any atom is 0.243 e. The van der Waals surface area contributed by atoms with Crippen LogP contribution < -0.4 is 11.1 Å². The van der Waals surface area contributed by atoms with Crippen LogP contribution >= 0.6 is 0 Å². The summed E-state index contributed by atoms with van der Waals surface area (Å²) < 4.78 is 5.52. The number of hydrogen-bond donors (Lipinski definition) is 2. The van der Waals surface area contributed by atoms with Crippen LogP contribution in [0.5, 0.6) is 0 Å². The number of aromatic nitrogens is 1. The molecule has 0 bridgehead atoms. The van der Waals surface area contributed by atoms with Crippen LogP contribution in [0.15, 0.2) is 36.5 Å². The summed E-state index contributed by atoms with van der Waals surface area (Å²) in [6.07, 6.45) is 1.62. The Morgan fingerprint density at radius 2 is 2.10 bits per heavy atom. The number of pyridine rings is 1. The number of carbonyl (C=O) groups is 1. The highest BCUT2D eigenvalue weighted by Crippen LogP contribution is 2.16. The molecule has 0 saturated carbocycles. The molecule has 21 heavy (non-hydrogen) atoms. The summed E-state index contributed by atoms with van der Waals surface area (Å²) >= 11 is 0. The minimum Gasteiger partial charge on any atom is -0.374 e. The second-order valence-corrected chi connectivity index (χ2v) is 5.94. The highest BCUT2D eigenvalue weighted by Gasteiger charge is 2.18. The predicted molar refractivity (Wildman–Crippen MR) is 84.1 cm³/mol. The zero-order valence-electron chi connectivity index (χ0n) is 12.6. The monoisotopic (exact) mass is 287 g/mol. The summed E-state index contributed by atoms with van der Waals surface area (Å²) in [6.45, 7) is 5.94. The van der Waals surface area contributed by atoms with E-state index in [9.17, 15) is 4.79 Å². The molecule has 112 valence electrons. The second-order valence-electron chi connectivity index (χ2n) is 5.94. The lowest BCUT2D eigenvalue weighted by molar-refractivity contribution is -0.120. The van der Waals surface area contributed by atoms with Crippen LogP contribution in [0.4, 0.5) is 5.69 Å². The third kappa shape index (κ3) is 4.51. The molecule has 1 heterocycles. The first-order valence-corrected chi connectivity index (χ1v) is 6.90. The van der Waals surface area contributed by atoms with E-state index in [0.717, 1.165) is 10.9 Å². The van der Waals surface area contributed by atoms with Crippen LogP contribution in [0.2, 0.25) is 0 Å². The maximum absolute atomic E-state index is 12.0. The molecule has 5 nitrogen and oxygen atoms in total. The molecular weight excluding hydrogens is 266 g/mol. The summed E-state index contributed by atoms with van der Waals surface area (Å²) in [7, 11) is 0. The van der Waals surface area contributed by atoms with Crippen LogP contribution in [0.25, 0.3) is 10.9 Å². The van der Waals surface area contributed by atoms with Crippen molar-refractivity contribution in [2.75, 3.05) is 11.9 Å². The first-order valence-electron chi connectivity index (χ1n) is 6.90. The van der Waals surface area contributed by atoms with Gasteiger partial charge in [0.15, 0.2) is 0 Å². The molecule has 0 aliphatic heterocycles. The third-order valence-corrected chi connectivity index (χ3v) is 2.89. The lowest BCUT2D eigenvalue weighted by Crippen LogP contribution is -2.41. The van der Waals surface area contributed by atoms with E-state index in [1.54, 1.807) is 6.20 Å². The quantitative estimate of drug-likeness (QED) is 0.904. The molecule has 0 aliphatic rings. The topological polar surface area (TPSA) is 77.2 Å². The van der Waals surface area contributed by atoms with E-state index in [1.807, 2.05) is 51.1 Å². The molecule has 0 saturated heterocycles. The number of carbonyl (C=O) groups excluding carboxylic acids is 1. The molecule has 2 rings (SSSR count). The van der Waals surface area contributed by atoms with Crippen LogP contribution in [0.1, 0.15) is 20.8 Å². The number of para-hydroxylation sites is 1. The first-order chi connectivity index (χ1) is 9.85. The van der Waals surface area contributed by atoms with E-state index in [0.29, 0.717) is 5.69 Å². The number of nitrogens with zero attached hydrogens (tertiary/aromatic N) is 1. The number of anilines is 1. The van der Waals surface area contributed by atoms with E-state index in [1.165, 1.54) is 0 Å². The van der Waals surface area contributed by atoms with Crippen molar-refractivity contribution in [3.8, 4) is 0 Å². The van der Waals surface area contributed by atoms with Gasteiger partial charge in [0, 0.05) is 5.39 Å². The smallest absolute Gasteiger partial charge is 0.243 e. The Kier molecular flexibility index (Phi) is 4.55. The van der Waals surface area contributed by atoms with Crippen molar-refractivity contribution < 1.29 is 9.53 Å². The predicted octanol–water partition coefficient (Wildman–Crippen LogP) is 2.32. The number of nitrogens with one attached hydrogen (secondary N) is 1. The number of hydrogen-bond acceptors (Lipinski definition) is 4. The third-order valence-electron chi connectivity index (χ3n) is 2.89. The summed E-state index contributed by atoms with van der Waals surface area (Å²) in [5, 5.41) is 3.73. The summed E-state index contributed by atoms with van der Waals surface area (Å²) in [5.41, 5.74) is 7.02. The van der Waals surface area contributed by atoms with Gasteiger partial charge in [-0.3, -0.25) is 9.78 Å². The molecule has 0 fully saturated rings. The van der Waals surface area contributed by atoms with Crippen molar-refractivity contribution in [1.29, 1.82) is 0 Å². The summed E-state index contributed by atoms with van der Waals surface area (Å²) in [5.74, 6) is -0.281.